The summed E-state index contributed by atoms with van der Waals surface area (Å²) in [6.07, 6.45) is -1.47. The number of phenols is 2. The van der Waals surface area contributed by atoms with Gasteiger partial charge in [-0.15, -0.1) is 0 Å². The number of nitro benzene ring substituents is 1. The third kappa shape index (κ3) is 3.16. The molecule has 1 aliphatic rings. The van der Waals surface area contributed by atoms with Gasteiger partial charge in [0.15, 0.2) is 5.75 Å². The third-order valence-corrected chi connectivity index (χ3v) is 3.70. The summed E-state index contributed by atoms with van der Waals surface area (Å²) >= 11 is 0. The van der Waals surface area contributed by atoms with Gasteiger partial charge in [0.1, 0.15) is 0 Å². The van der Waals surface area contributed by atoms with Crippen molar-refractivity contribution in [3.63, 3.8) is 0 Å². The fourth-order valence-electron chi connectivity index (χ4n) is 2.57. The summed E-state index contributed by atoms with van der Waals surface area (Å²) in [4.78, 5) is 13.7. The van der Waals surface area contributed by atoms with Crippen LogP contribution >= 0.6 is 0 Å². The molecular formula is C15H10F3N3O4. The molecule has 1 atom stereocenters. The quantitative estimate of drug-likeness (QED) is 0.375. The van der Waals surface area contributed by atoms with Crippen molar-refractivity contribution >= 4 is 11.9 Å². The van der Waals surface area contributed by atoms with Crippen molar-refractivity contribution in [3.8, 4) is 17.6 Å². The zero-order chi connectivity index (χ0) is 18.8. The minimum absolute atomic E-state index is 0.332. The number of hydrogen-bond acceptors (Lipinski definition) is 6. The number of nitro groups is 1. The molecule has 0 aromatic heterocycles. The average Bonchev–Trinajstić information content (AvgIpc) is 2.54. The number of aliphatic imine (C=N–C) groups is 1. The van der Waals surface area contributed by atoms with E-state index in [2.05, 4.69) is 4.99 Å². The maximum atomic E-state index is 13.5. The minimum Gasteiger partial charge on any atom is -0.504 e. The molecular weight excluding hydrogens is 343 g/mol. The van der Waals surface area contributed by atoms with Crippen molar-refractivity contribution in [2.75, 3.05) is 6.54 Å². The Morgan fingerprint density at radius 1 is 1.40 bits per heavy atom. The first-order valence-electron chi connectivity index (χ1n) is 6.69. The Morgan fingerprint density at radius 3 is 2.64 bits per heavy atom. The Morgan fingerprint density at radius 2 is 2.08 bits per heavy atom. The predicted molar refractivity (Wildman–Crippen MR) is 80.4 cm³/mol. The lowest BCUT2D eigenvalue weighted by atomic mass is 9.72. The number of nitriles is 1. The minimum atomic E-state index is -4.82. The molecule has 0 fully saturated rings. The first-order valence-corrected chi connectivity index (χ1v) is 6.69. The van der Waals surface area contributed by atoms with E-state index in [0.29, 0.717) is 6.08 Å². The number of halogens is 3. The molecule has 2 N–H and O–H groups in total. The number of alkyl halides is 3. The van der Waals surface area contributed by atoms with Crippen LogP contribution in [0.4, 0.5) is 18.9 Å². The molecule has 1 heterocycles. The molecule has 0 bridgehead atoms. The summed E-state index contributed by atoms with van der Waals surface area (Å²) < 4.78 is 40.5. The second kappa shape index (κ2) is 6.27. The van der Waals surface area contributed by atoms with Crippen molar-refractivity contribution in [2.45, 2.75) is 11.6 Å². The molecule has 130 valence electrons. The molecule has 1 aliphatic heterocycles. The number of rotatable bonds is 3. The molecule has 0 spiro atoms. The molecule has 0 amide bonds. The SMILES string of the molecule is N#C/C=C\C1(c2cc(O)c(O)c([N+](=O)[O-])c2)CN=CC=C1C(F)(F)F. The van der Waals surface area contributed by atoms with Crippen LogP contribution in [0.5, 0.6) is 11.5 Å². The van der Waals surface area contributed by atoms with Crippen molar-refractivity contribution in [1.82, 2.24) is 0 Å². The van der Waals surface area contributed by atoms with Gasteiger partial charge in [-0.3, -0.25) is 15.1 Å². The average molecular weight is 353 g/mol. The molecule has 2 rings (SSSR count). The van der Waals surface area contributed by atoms with Crippen LogP contribution in [-0.4, -0.2) is 34.1 Å². The van der Waals surface area contributed by atoms with Gasteiger partial charge in [0.05, 0.1) is 28.5 Å². The van der Waals surface area contributed by atoms with Crippen LogP contribution in [0, 0.1) is 21.4 Å². The van der Waals surface area contributed by atoms with Crippen LogP contribution in [0.2, 0.25) is 0 Å². The lowest BCUT2D eigenvalue weighted by molar-refractivity contribution is -0.386. The van der Waals surface area contributed by atoms with E-state index in [9.17, 15) is 33.5 Å². The zero-order valence-electron chi connectivity index (χ0n) is 12.4. The van der Waals surface area contributed by atoms with Gasteiger partial charge in [-0.1, -0.05) is 6.08 Å². The number of nitrogens with zero attached hydrogens (tertiary/aromatic N) is 3. The van der Waals surface area contributed by atoms with Crippen LogP contribution in [0.25, 0.3) is 0 Å². The summed E-state index contributed by atoms with van der Waals surface area (Å²) in [6.45, 7) is -0.488. The first kappa shape index (κ1) is 18.0. The van der Waals surface area contributed by atoms with Crippen LogP contribution in [0.1, 0.15) is 5.56 Å². The normalized spacial score (nSPS) is 20.3. The maximum Gasteiger partial charge on any atom is 0.413 e. The predicted octanol–water partition coefficient (Wildman–Crippen LogP) is 2.90. The van der Waals surface area contributed by atoms with Gasteiger partial charge in [-0.25, -0.2) is 0 Å². The molecule has 1 unspecified atom stereocenters. The second-order valence-electron chi connectivity index (χ2n) is 5.12. The van der Waals surface area contributed by atoms with Crippen LogP contribution in [-0.2, 0) is 5.41 Å². The number of dihydropyridines is 1. The third-order valence-electron chi connectivity index (χ3n) is 3.70. The molecule has 10 heteroatoms. The molecule has 25 heavy (non-hydrogen) atoms. The largest absolute Gasteiger partial charge is 0.504 e. The molecule has 0 radical (unpaired) electrons. The van der Waals surface area contributed by atoms with Gasteiger partial charge in [0.25, 0.3) is 0 Å². The number of phenolic OH excluding ortho intramolecular Hbond substituents is 2. The van der Waals surface area contributed by atoms with Gasteiger partial charge in [-0.2, -0.15) is 18.4 Å². The lowest BCUT2D eigenvalue weighted by Gasteiger charge is -2.35. The van der Waals surface area contributed by atoms with Crippen molar-refractivity contribution in [2.24, 2.45) is 4.99 Å². The highest BCUT2D eigenvalue weighted by Gasteiger charge is 2.49. The van der Waals surface area contributed by atoms with Gasteiger partial charge < -0.3 is 10.2 Å². The number of benzene rings is 1. The van der Waals surface area contributed by atoms with Crippen LogP contribution in [0.3, 0.4) is 0 Å². The second-order valence-corrected chi connectivity index (χ2v) is 5.12. The molecule has 7 nitrogen and oxygen atoms in total. The van der Waals surface area contributed by atoms with Crippen LogP contribution in [0.15, 0.2) is 40.9 Å². The van der Waals surface area contributed by atoms with E-state index in [1.54, 1.807) is 6.07 Å². The molecule has 0 saturated heterocycles. The van der Waals surface area contributed by atoms with Gasteiger partial charge in [0, 0.05) is 18.4 Å². The summed E-state index contributed by atoms with van der Waals surface area (Å²) in [5, 5.41) is 39.0. The van der Waals surface area contributed by atoms with Crippen molar-refractivity contribution in [3.05, 3.63) is 51.6 Å². The van der Waals surface area contributed by atoms with Gasteiger partial charge >= 0.3 is 11.9 Å². The Bertz CT molecular complexity index is 853. The van der Waals surface area contributed by atoms with E-state index >= 15 is 0 Å². The highest BCUT2D eigenvalue weighted by Crippen LogP contribution is 2.48. The van der Waals surface area contributed by atoms with E-state index in [1.807, 2.05) is 0 Å². The van der Waals surface area contributed by atoms with Crippen molar-refractivity contribution < 1.29 is 28.3 Å². The maximum absolute atomic E-state index is 13.5. The standard InChI is InChI=1S/C15H10F3N3O4/c16-15(17,18)12-2-5-20-8-14(12,3-1-4-19)9-6-10(21(24)25)13(23)11(22)7-9/h1-3,5-7,22-23H,8H2/b3-1-. The fraction of sp³-hybridized carbons (Fsp3) is 0.200. The Kier molecular flexibility index (Phi) is 4.52. The van der Waals surface area contributed by atoms with Gasteiger partial charge in [0.2, 0.25) is 5.75 Å². The Balaban J connectivity index is 2.82. The smallest absolute Gasteiger partial charge is 0.413 e. The van der Waals surface area contributed by atoms with E-state index in [0.717, 1.165) is 30.5 Å². The Hall–Kier alpha value is -3.35. The van der Waals surface area contributed by atoms with E-state index in [4.69, 9.17) is 5.26 Å². The number of hydrogen-bond donors (Lipinski definition) is 2. The summed E-state index contributed by atoms with van der Waals surface area (Å²) in [6, 6.07) is 3.07. The summed E-state index contributed by atoms with van der Waals surface area (Å²) in [7, 11) is 0. The summed E-state index contributed by atoms with van der Waals surface area (Å²) in [5.41, 5.74) is -4.46. The van der Waals surface area contributed by atoms with Gasteiger partial charge in [-0.05, 0) is 17.7 Å². The number of aromatic hydroxyl groups is 2. The number of allylic oxidation sites excluding steroid dienone is 2. The first-order chi connectivity index (χ1) is 11.6. The highest BCUT2D eigenvalue weighted by molar-refractivity contribution is 5.77. The summed E-state index contributed by atoms with van der Waals surface area (Å²) in [5.74, 6) is -2.02. The molecule has 0 aliphatic carbocycles. The van der Waals surface area contributed by atoms with E-state index in [-0.39, 0.29) is 5.56 Å². The monoisotopic (exact) mass is 353 g/mol. The van der Waals surface area contributed by atoms with E-state index in [1.165, 1.54) is 0 Å². The molecule has 0 saturated carbocycles. The van der Waals surface area contributed by atoms with E-state index < -0.39 is 45.8 Å². The topological polar surface area (TPSA) is 120 Å². The molecule has 1 aromatic carbocycles. The van der Waals surface area contributed by atoms with Crippen molar-refractivity contribution in [1.29, 1.82) is 5.26 Å². The fourth-order valence-corrected chi connectivity index (χ4v) is 2.57. The highest BCUT2D eigenvalue weighted by atomic mass is 19.4. The zero-order valence-corrected chi connectivity index (χ0v) is 12.4. The lowest BCUT2D eigenvalue weighted by Crippen LogP contribution is -2.39. The van der Waals surface area contributed by atoms with Crippen LogP contribution < -0.4 is 0 Å². The molecule has 1 aromatic rings. The Labute approximate surface area is 138 Å².